The number of carboxylic acid groups (broad SMARTS) is 1. The Kier molecular flexibility index (Phi) is 4.50. The first-order chi connectivity index (χ1) is 12.2. The predicted octanol–water partition coefficient (Wildman–Crippen LogP) is 4.10. The molecule has 0 bridgehead atoms. The van der Waals surface area contributed by atoms with Crippen LogP contribution < -0.4 is 5.56 Å². The third-order valence-corrected chi connectivity index (χ3v) is 4.74. The molecule has 2 aromatic rings. The van der Waals surface area contributed by atoms with E-state index in [0.717, 1.165) is 12.8 Å². The van der Waals surface area contributed by atoms with Gasteiger partial charge < -0.3 is 5.11 Å². The monoisotopic (exact) mass is 361 g/mol. The molecule has 1 aromatic carbocycles. The molecule has 7 heteroatoms. The van der Waals surface area contributed by atoms with Crippen LogP contribution in [0.4, 0.5) is 9.18 Å². The second-order valence-electron chi connectivity index (χ2n) is 7.76. The molecular formula is C19H24FN3O3. The fraction of sp³-hybridized carbons (Fsp3) is 0.526. The lowest BCUT2D eigenvalue weighted by Crippen LogP contribution is -2.48. The van der Waals surface area contributed by atoms with E-state index in [1.54, 1.807) is 6.07 Å². The number of nitrogens with zero attached hydrogens (tertiary/aromatic N) is 3. The molecule has 1 aliphatic carbocycles. The van der Waals surface area contributed by atoms with E-state index in [9.17, 15) is 19.1 Å². The highest BCUT2D eigenvalue weighted by Gasteiger charge is 2.38. The molecule has 0 radical (unpaired) electrons. The van der Waals surface area contributed by atoms with Crippen LogP contribution in [-0.2, 0) is 0 Å². The molecule has 1 aromatic heterocycles. The van der Waals surface area contributed by atoms with Gasteiger partial charge in [0, 0.05) is 11.6 Å². The van der Waals surface area contributed by atoms with Gasteiger partial charge in [-0.3, -0.25) is 14.3 Å². The zero-order valence-electron chi connectivity index (χ0n) is 15.5. The van der Waals surface area contributed by atoms with E-state index < -0.39 is 29.1 Å². The number of aromatic nitrogens is 2. The van der Waals surface area contributed by atoms with Crippen LogP contribution in [0.3, 0.4) is 0 Å². The minimum atomic E-state index is -1.07. The van der Waals surface area contributed by atoms with Crippen LogP contribution in [0.15, 0.2) is 23.0 Å². The fourth-order valence-electron chi connectivity index (χ4n) is 3.51. The molecule has 3 rings (SSSR count). The normalized spacial score (nSPS) is 15.9. The Bertz CT molecular complexity index is 913. The topological polar surface area (TPSA) is 75.4 Å². The molecule has 0 unspecified atom stereocenters. The van der Waals surface area contributed by atoms with Crippen LogP contribution in [0.25, 0.3) is 10.9 Å². The van der Waals surface area contributed by atoms with Crippen molar-refractivity contribution in [2.45, 2.75) is 64.6 Å². The van der Waals surface area contributed by atoms with Gasteiger partial charge >= 0.3 is 6.09 Å². The van der Waals surface area contributed by atoms with Gasteiger partial charge in [-0.2, -0.15) is 0 Å². The Morgan fingerprint density at radius 3 is 2.58 bits per heavy atom. The molecule has 1 atom stereocenters. The van der Waals surface area contributed by atoms with Crippen molar-refractivity contribution in [3.63, 3.8) is 0 Å². The van der Waals surface area contributed by atoms with Crippen LogP contribution in [0.5, 0.6) is 0 Å². The molecule has 0 spiro atoms. The lowest BCUT2D eigenvalue weighted by Gasteiger charge is -2.39. The van der Waals surface area contributed by atoms with Crippen molar-refractivity contribution in [2.24, 2.45) is 0 Å². The smallest absolute Gasteiger partial charge is 0.408 e. The minimum Gasteiger partial charge on any atom is -0.465 e. The van der Waals surface area contributed by atoms with Gasteiger partial charge in [0.15, 0.2) is 0 Å². The van der Waals surface area contributed by atoms with E-state index in [4.69, 9.17) is 0 Å². The van der Waals surface area contributed by atoms with Crippen molar-refractivity contribution >= 4 is 17.0 Å². The Labute approximate surface area is 151 Å². The number of rotatable bonds is 4. The largest absolute Gasteiger partial charge is 0.465 e. The van der Waals surface area contributed by atoms with Gasteiger partial charge in [-0.1, -0.05) is 13.0 Å². The summed E-state index contributed by atoms with van der Waals surface area (Å²) in [6.45, 7) is 7.30. The minimum absolute atomic E-state index is 0.0318. The summed E-state index contributed by atoms with van der Waals surface area (Å²) in [6.07, 6.45) is 1.02. The maximum atomic E-state index is 14.2. The van der Waals surface area contributed by atoms with Crippen molar-refractivity contribution in [3.8, 4) is 0 Å². The predicted molar refractivity (Wildman–Crippen MR) is 96.9 cm³/mol. The van der Waals surface area contributed by atoms with Crippen LogP contribution >= 0.6 is 0 Å². The lowest BCUT2D eigenvalue weighted by atomic mass is 10.0. The Balaban J connectivity index is 2.30. The summed E-state index contributed by atoms with van der Waals surface area (Å²) in [5.74, 6) is -0.199. The summed E-state index contributed by atoms with van der Waals surface area (Å²) in [5.41, 5.74) is -0.835. The summed E-state index contributed by atoms with van der Waals surface area (Å²) < 4.78 is 15.8. The number of hydrogen-bond donors (Lipinski definition) is 1. The van der Waals surface area contributed by atoms with E-state index in [-0.39, 0.29) is 16.9 Å². The highest BCUT2D eigenvalue weighted by Crippen LogP contribution is 2.38. The average molecular weight is 361 g/mol. The summed E-state index contributed by atoms with van der Waals surface area (Å²) in [6, 6.07) is 3.72. The summed E-state index contributed by atoms with van der Waals surface area (Å²) in [7, 11) is 0. The zero-order chi connectivity index (χ0) is 19.2. The van der Waals surface area contributed by atoms with Gasteiger partial charge in [0.2, 0.25) is 0 Å². The van der Waals surface area contributed by atoms with Crippen LogP contribution in [0.2, 0.25) is 0 Å². The molecule has 0 aliphatic heterocycles. The quantitative estimate of drug-likeness (QED) is 0.889. The van der Waals surface area contributed by atoms with E-state index in [0.29, 0.717) is 12.2 Å². The SMILES string of the molecule is CC[C@@H](c1nc2cccc(F)c2c(=O)n1C1CC1)N(C(=O)O)C(C)(C)C. The van der Waals surface area contributed by atoms with Gasteiger partial charge in [-0.25, -0.2) is 14.2 Å². The molecule has 1 aliphatic rings. The molecule has 0 saturated heterocycles. The highest BCUT2D eigenvalue weighted by atomic mass is 19.1. The lowest BCUT2D eigenvalue weighted by molar-refractivity contribution is 0.0637. The van der Waals surface area contributed by atoms with Crippen molar-refractivity contribution in [2.75, 3.05) is 0 Å². The summed E-state index contributed by atoms with van der Waals surface area (Å²) in [5, 5.41) is 9.76. The second kappa shape index (κ2) is 6.37. The fourth-order valence-corrected chi connectivity index (χ4v) is 3.51. The van der Waals surface area contributed by atoms with Gasteiger partial charge in [0.1, 0.15) is 17.0 Å². The van der Waals surface area contributed by atoms with Crippen LogP contribution in [0, 0.1) is 5.82 Å². The average Bonchev–Trinajstić information content (AvgIpc) is 3.35. The number of fused-ring (bicyclic) bond motifs is 1. The molecular weight excluding hydrogens is 337 g/mol. The molecule has 1 N–H and O–H groups in total. The highest BCUT2D eigenvalue weighted by molar-refractivity contribution is 5.78. The number of carbonyl (C=O) groups is 1. The molecule has 6 nitrogen and oxygen atoms in total. The van der Waals surface area contributed by atoms with E-state index >= 15 is 0 Å². The van der Waals surface area contributed by atoms with Crippen molar-refractivity contribution in [1.29, 1.82) is 0 Å². The van der Waals surface area contributed by atoms with Crippen molar-refractivity contribution in [1.82, 2.24) is 14.5 Å². The third kappa shape index (κ3) is 3.06. The maximum Gasteiger partial charge on any atom is 0.408 e. The Hall–Kier alpha value is -2.44. The third-order valence-electron chi connectivity index (χ3n) is 4.74. The van der Waals surface area contributed by atoms with E-state index in [1.165, 1.54) is 21.6 Å². The number of benzene rings is 1. The molecule has 1 amide bonds. The summed E-state index contributed by atoms with van der Waals surface area (Å²) in [4.78, 5) is 30.9. The van der Waals surface area contributed by atoms with Gasteiger partial charge in [-0.15, -0.1) is 0 Å². The first-order valence-electron chi connectivity index (χ1n) is 8.89. The van der Waals surface area contributed by atoms with Crippen molar-refractivity contribution < 1.29 is 14.3 Å². The van der Waals surface area contributed by atoms with Crippen LogP contribution in [-0.4, -0.2) is 31.2 Å². The first kappa shape index (κ1) is 18.4. The number of halogens is 1. The molecule has 1 saturated carbocycles. The molecule has 1 fully saturated rings. The number of amides is 1. The maximum absolute atomic E-state index is 14.2. The Morgan fingerprint density at radius 2 is 2.08 bits per heavy atom. The number of hydrogen-bond acceptors (Lipinski definition) is 3. The molecule has 140 valence electrons. The first-order valence-corrected chi connectivity index (χ1v) is 8.89. The zero-order valence-corrected chi connectivity index (χ0v) is 15.5. The molecule has 26 heavy (non-hydrogen) atoms. The van der Waals surface area contributed by atoms with Gasteiger partial charge in [-0.05, 0) is 52.2 Å². The van der Waals surface area contributed by atoms with E-state index in [2.05, 4.69) is 4.98 Å². The second-order valence-corrected chi connectivity index (χ2v) is 7.76. The van der Waals surface area contributed by atoms with Crippen LogP contribution in [0.1, 0.15) is 64.9 Å². The van der Waals surface area contributed by atoms with Gasteiger partial charge in [0.25, 0.3) is 5.56 Å². The Morgan fingerprint density at radius 1 is 1.42 bits per heavy atom. The summed E-state index contributed by atoms with van der Waals surface area (Å²) >= 11 is 0. The van der Waals surface area contributed by atoms with Crippen molar-refractivity contribution in [3.05, 3.63) is 40.2 Å². The molecule has 1 heterocycles. The standard InChI is InChI=1S/C19H24FN3O3/c1-5-14(23(18(25)26)19(2,3)4)16-21-13-8-6-7-12(20)15(13)17(24)22(16)11-9-10-11/h6-8,11,14H,5,9-10H2,1-4H3,(H,25,26)/t14-/m0/s1. The van der Waals surface area contributed by atoms with E-state index in [1.807, 2.05) is 27.7 Å². The van der Waals surface area contributed by atoms with Gasteiger partial charge in [0.05, 0.1) is 11.6 Å².